The molecule has 1 aliphatic heterocycles. The number of anilines is 3. The van der Waals surface area contributed by atoms with Crippen LogP contribution in [-0.4, -0.2) is 55.5 Å². The number of likely N-dealkylation sites (N-methyl/N-ethyl adjacent to an activating group) is 1. The lowest BCUT2D eigenvalue weighted by Crippen LogP contribution is -2.44. The van der Waals surface area contributed by atoms with Crippen molar-refractivity contribution in [1.82, 2.24) is 13.9 Å². The molecule has 1 saturated heterocycles. The average Bonchev–Trinajstić information content (AvgIpc) is 3.29. The van der Waals surface area contributed by atoms with Gasteiger partial charge in [-0.05, 0) is 49.5 Å². The Labute approximate surface area is 198 Å². The summed E-state index contributed by atoms with van der Waals surface area (Å²) in [5.41, 5.74) is 2.63. The van der Waals surface area contributed by atoms with E-state index >= 15 is 0 Å². The van der Waals surface area contributed by atoms with Gasteiger partial charge in [-0.3, -0.25) is 0 Å². The molecule has 8 nitrogen and oxygen atoms in total. The number of nitrogens with zero attached hydrogens (tertiary/aromatic N) is 5. The van der Waals surface area contributed by atoms with Gasteiger partial charge in [0.25, 0.3) is 10.0 Å². The van der Waals surface area contributed by atoms with Gasteiger partial charge in [0.15, 0.2) is 0 Å². The number of rotatable bonds is 5. The molecule has 0 saturated carbocycles. The van der Waals surface area contributed by atoms with E-state index in [0.29, 0.717) is 16.7 Å². The van der Waals surface area contributed by atoms with Crippen LogP contribution in [0.5, 0.6) is 0 Å². The van der Waals surface area contributed by atoms with E-state index in [4.69, 9.17) is 0 Å². The fourth-order valence-corrected chi connectivity index (χ4v) is 5.63. The summed E-state index contributed by atoms with van der Waals surface area (Å²) in [5, 5.41) is 13.3. The molecular weight excluding hydrogens is 448 g/mol. The molecule has 3 heterocycles. The number of pyridine rings is 1. The maximum atomic E-state index is 13.3. The average molecular weight is 473 g/mol. The first kappa shape index (κ1) is 21.9. The number of nitriles is 1. The van der Waals surface area contributed by atoms with Crippen LogP contribution in [0.3, 0.4) is 0 Å². The second-order valence-corrected chi connectivity index (χ2v) is 10.1. The summed E-state index contributed by atoms with van der Waals surface area (Å²) in [4.78, 5) is 9.10. The zero-order valence-electron chi connectivity index (χ0n) is 18.7. The van der Waals surface area contributed by atoms with Crippen LogP contribution in [0.2, 0.25) is 0 Å². The van der Waals surface area contributed by atoms with Gasteiger partial charge in [-0.2, -0.15) is 5.26 Å². The van der Waals surface area contributed by atoms with Crippen LogP contribution in [0.1, 0.15) is 5.56 Å². The minimum Gasteiger partial charge on any atom is -0.369 e. The van der Waals surface area contributed by atoms with Crippen LogP contribution in [0.25, 0.3) is 10.9 Å². The fraction of sp³-hybridized carbons (Fsp3) is 0.200. The van der Waals surface area contributed by atoms with Gasteiger partial charge in [0.05, 0.1) is 11.1 Å². The molecule has 2 aromatic heterocycles. The highest BCUT2D eigenvalue weighted by atomic mass is 32.2. The van der Waals surface area contributed by atoms with Crippen LogP contribution < -0.4 is 10.2 Å². The van der Waals surface area contributed by atoms with Crippen molar-refractivity contribution < 1.29 is 8.42 Å². The Morgan fingerprint density at radius 2 is 1.74 bits per heavy atom. The van der Waals surface area contributed by atoms with Gasteiger partial charge >= 0.3 is 0 Å². The van der Waals surface area contributed by atoms with Gasteiger partial charge in [0.2, 0.25) is 0 Å². The molecule has 2 aromatic carbocycles. The Balaban J connectivity index is 1.42. The van der Waals surface area contributed by atoms with E-state index in [1.807, 2.05) is 18.2 Å². The SMILES string of the molecule is CN1CCN(c2ccc(Nc3cc4c(ccn4S(=O)(=O)c4ccccc4C#N)cn3)cc2)CC1. The van der Waals surface area contributed by atoms with E-state index in [1.54, 1.807) is 30.5 Å². The molecule has 0 radical (unpaired) electrons. The van der Waals surface area contributed by atoms with Crippen molar-refractivity contribution in [3.05, 3.63) is 78.6 Å². The highest BCUT2D eigenvalue weighted by Gasteiger charge is 2.22. The van der Waals surface area contributed by atoms with Gasteiger partial charge < -0.3 is 15.1 Å². The van der Waals surface area contributed by atoms with Crippen LogP contribution in [-0.2, 0) is 10.0 Å². The monoisotopic (exact) mass is 472 g/mol. The summed E-state index contributed by atoms with van der Waals surface area (Å²) in [7, 11) is -1.81. The van der Waals surface area contributed by atoms with Gasteiger partial charge in [-0.25, -0.2) is 17.4 Å². The molecule has 0 amide bonds. The molecular formula is C25H24N6O2S. The Kier molecular flexibility index (Phi) is 5.69. The lowest BCUT2D eigenvalue weighted by atomic mass is 10.2. The standard InChI is InChI=1S/C25H24N6O2S/c1-29-12-14-30(15-13-29)22-8-6-21(7-9-22)28-25-16-23-20(18-27-25)10-11-31(23)34(32,33)24-5-3-2-4-19(24)17-26/h2-11,16,18H,12-15H2,1H3,(H,27,28). The largest absolute Gasteiger partial charge is 0.369 e. The third-order valence-electron chi connectivity index (χ3n) is 6.09. The molecule has 0 bridgehead atoms. The highest BCUT2D eigenvalue weighted by molar-refractivity contribution is 7.90. The van der Waals surface area contributed by atoms with E-state index < -0.39 is 10.0 Å². The number of piperazine rings is 1. The van der Waals surface area contributed by atoms with E-state index in [2.05, 4.69) is 39.3 Å². The smallest absolute Gasteiger partial charge is 0.269 e. The number of hydrogen-bond donors (Lipinski definition) is 1. The van der Waals surface area contributed by atoms with E-state index in [0.717, 1.165) is 31.9 Å². The summed E-state index contributed by atoms with van der Waals surface area (Å²) in [5.74, 6) is 0.531. The zero-order valence-corrected chi connectivity index (χ0v) is 19.5. The molecule has 0 atom stereocenters. The maximum Gasteiger partial charge on any atom is 0.269 e. The van der Waals surface area contributed by atoms with E-state index in [1.165, 1.54) is 28.0 Å². The Morgan fingerprint density at radius 3 is 2.47 bits per heavy atom. The number of hydrogen-bond acceptors (Lipinski definition) is 7. The van der Waals surface area contributed by atoms with Gasteiger partial charge in [-0.15, -0.1) is 0 Å². The summed E-state index contributed by atoms with van der Waals surface area (Å²) in [6.45, 7) is 4.10. The zero-order chi connectivity index (χ0) is 23.7. The van der Waals surface area contributed by atoms with Crippen molar-refractivity contribution in [2.24, 2.45) is 0 Å². The Bertz CT molecular complexity index is 1480. The Morgan fingerprint density at radius 1 is 1.00 bits per heavy atom. The summed E-state index contributed by atoms with van der Waals surface area (Å²) in [6.07, 6.45) is 3.13. The quantitative estimate of drug-likeness (QED) is 0.474. The second-order valence-electron chi connectivity index (χ2n) is 8.32. The van der Waals surface area contributed by atoms with Crippen LogP contribution in [0.15, 0.2) is 78.0 Å². The highest BCUT2D eigenvalue weighted by Crippen LogP contribution is 2.27. The topological polar surface area (TPSA) is 94.3 Å². The van der Waals surface area contributed by atoms with Crippen LogP contribution in [0, 0.1) is 11.3 Å². The molecule has 0 unspecified atom stereocenters. The van der Waals surface area contributed by atoms with Gasteiger partial charge in [0, 0.05) is 61.4 Å². The minimum absolute atomic E-state index is 0.0270. The third kappa shape index (κ3) is 4.09. The Hall–Kier alpha value is -3.87. The molecule has 9 heteroatoms. The normalized spacial score (nSPS) is 14.8. The first-order valence-corrected chi connectivity index (χ1v) is 12.4. The first-order valence-electron chi connectivity index (χ1n) is 11.0. The van der Waals surface area contributed by atoms with E-state index in [-0.39, 0.29) is 10.5 Å². The second kappa shape index (κ2) is 8.82. The molecule has 0 aliphatic carbocycles. The number of fused-ring (bicyclic) bond motifs is 1. The van der Waals surface area contributed by atoms with Gasteiger partial charge in [0.1, 0.15) is 16.8 Å². The lowest BCUT2D eigenvalue weighted by Gasteiger charge is -2.34. The fourth-order valence-electron chi connectivity index (χ4n) is 4.14. The number of aromatic nitrogens is 2. The maximum absolute atomic E-state index is 13.3. The molecule has 34 heavy (non-hydrogen) atoms. The number of benzene rings is 2. The molecule has 1 N–H and O–H groups in total. The summed E-state index contributed by atoms with van der Waals surface area (Å²) < 4.78 is 27.9. The minimum atomic E-state index is -3.95. The molecule has 172 valence electrons. The van der Waals surface area contributed by atoms with Crippen molar-refractivity contribution in [2.45, 2.75) is 4.90 Å². The lowest BCUT2D eigenvalue weighted by molar-refractivity contribution is 0.313. The molecule has 4 aromatic rings. The number of nitrogens with one attached hydrogen (secondary N) is 1. The summed E-state index contributed by atoms with van der Waals surface area (Å²) >= 11 is 0. The van der Waals surface area contributed by atoms with Crippen LogP contribution >= 0.6 is 0 Å². The third-order valence-corrected chi connectivity index (χ3v) is 7.84. The molecule has 5 rings (SSSR count). The van der Waals surface area contributed by atoms with Crippen molar-refractivity contribution in [1.29, 1.82) is 5.26 Å². The van der Waals surface area contributed by atoms with Crippen molar-refractivity contribution in [3.63, 3.8) is 0 Å². The van der Waals surface area contributed by atoms with Crippen molar-refractivity contribution in [2.75, 3.05) is 43.4 Å². The molecule has 1 fully saturated rings. The molecule has 1 aliphatic rings. The van der Waals surface area contributed by atoms with Gasteiger partial charge in [-0.1, -0.05) is 12.1 Å². The summed E-state index contributed by atoms with van der Waals surface area (Å²) in [6, 6.07) is 19.7. The van der Waals surface area contributed by atoms with E-state index in [9.17, 15) is 13.7 Å². The van der Waals surface area contributed by atoms with Crippen molar-refractivity contribution >= 4 is 38.1 Å². The molecule has 0 spiro atoms. The predicted molar refractivity (Wildman–Crippen MR) is 133 cm³/mol. The first-order chi connectivity index (χ1) is 16.5. The van der Waals surface area contributed by atoms with Crippen molar-refractivity contribution in [3.8, 4) is 6.07 Å². The predicted octanol–water partition coefficient (Wildman–Crippen LogP) is 3.64. The van der Waals surface area contributed by atoms with Crippen LogP contribution in [0.4, 0.5) is 17.2 Å².